The third-order valence-corrected chi connectivity index (χ3v) is 2.96. The Bertz CT molecular complexity index is 389. The van der Waals surface area contributed by atoms with Gasteiger partial charge in [-0.2, -0.15) is 13.2 Å². The van der Waals surface area contributed by atoms with Crippen LogP contribution in [0.2, 0.25) is 0 Å². The number of halogens is 3. The highest BCUT2D eigenvalue weighted by Gasteiger charge is 2.50. The summed E-state index contributed by atoms with van der Waals surface area (Å²) in [5.74, 6) is -2.37. The minimum atomic E-state index is -4.68. The first-order valence-electron chi connectivity index (χ1n) is 6.21. The summed E-state index contributed by atoms with van der Waals surface area (Å²) in [7, 11) is 0. The lowest BCUT2D eigenvalue weighted by atomic mass is 9.91. The van der Waals surface area contributed by atoms with Crippen LogP contribution < -0.4 is 0 Å². The molecule has 1 amide bonds. The minimum Gasteiger partial charge on any atom is -0.481 e. The van der Waals surface area contributed by atoms with Gasteiger partial charge in [-0.3, -0.25) is 9.69 Å². The molecular formula is C12H18F3NO4. The van der Waals surface area contributed by atoms with E-state index >= 15 is 0 Å². The summed E-state index contributed by atoms with van der Waals surface area (Å²) in [5, 5.41) is 8.83. The number of carbonyl (C=O) groups is 2. The van der Waals surface area contributed by atoms with Gasteiger partial charge in [0, 0.05) is 6.54 Å². The van der Waals surface area contributed by atoms with Crippen molar-refractivity contribution in [1.82, 2.24) is 4.90 Å². The Labute approximate surface area is 114 Å². The molecule has 2 atom stereocenters. The average molecular weight is 297 g/mol. The molecule has 0 radical (unpaired) electrons. The predicted octanol–water partition coefficient (Wildman–Crippen LogP) is 2.65. The number of carboxylic acid groups (broad SMARTS) is 1. The zero-order chi connectivity index (χ0) is 15.7. The summed E-state index contributed by atoms with van der Waals surface area (Å²) in [4.78, 5) is 23.2. The van der Waals surface area contributed by atoms with Gasteiger partial charge in [0.2, 0.25) is 0 Å². The molecule has 1 aliphatic heterocycles. The molecule has 0 aromatic heterocycles. The van der Waals surface area contributed by atoms with Crippen LogP contribution in [0.25, 0.3) is 0 Å². The third kappa shape index (κ3) is 4.28. The summed E-state index contributed by atoms with van der Waals surface area (Å²) in [6.45, 7) is 4.38. The fourth-order valence-corrected chi connectivity index (χ4v) is 2.04. The molecule has 5 nitrogen and oxygen atoms in total. The normalized spacial score (nSPS) is 24.4. The fraction of sp³-hybridized carbons (Fsp3) is 0.833. The van der Waals surface area contributed by atoms with Crippen LogP contribution in [0.1, 0.15) is 33.6 Å². The molecule has 0 aliphatic carbocycles. The average Bonchev–Trinajstić information content (AvgIpc) is 2.24. The number of carboxylic acids is 1. The highest BCUT2D eigenvalue weighted by molar-refractivity contribution is 5.72. The smallest absolute Gasteiger partial charge is 0.410 e. The lowest BCUT2D eigenvalue weighted by Gasteiger charge is -2.39. The number of hydrogen-bond donors (Lipinski definition) is 1. The van der Waals surface area contributed by atoms with Crippen LogP contribution in [-0.4, -0.2) is 46.4 Å². The minimum absolute atomic E-state index is 0.0127. The summed E-state index contributed by atoms with van der Waals surface area (Å²) >= 11 is 0. The lowest BCUT2D eigenvalue weighted by Crippen LogP contribution is -2.55. The van der Waals surface area contributed by atoms with E-state index in [1.165, 1.54) is 0 Å². The van der Waals surface area contributed by atoms with Gasteiger partial charge in [-0.25, -0.2) is 4.79 Å². The zero-order valence-electron chi connectivity index (χ0n) is 11.5. The standard InChI is InChI=1S/C12H18F3NO4/c1-11(2,3)20-10(19)16-5-4-7(9(17)18)6-8(16)12(13,14)15/h7-8H,4-6H2,1-3H3,(H,17,18)/t7-,8+/m1/s1. The van der Waals surface area contributed by atoms with E-state index in [0.29, 0.717) is 4.90 Å². The first kappa shape index (κ1) is 16.6. The van der Waals surface area contributed by atoms with Crippen molar-refractivity contribution >= 4 is 12.1 Å². The molecule has 1 fully saturated rings. The molecule has 0 aromatic rings. The molecule has 1 aliphatic rings. The number of piperidine rings is 1. The van der Waals surface area contributed by atoms with Gasteiger partial charge in [0.15, 0.2) is 0 Å². The number of hydrogen-bond acceptors (Lipinski definition) is 3. The Kier molecular flexibility index (Phi) is 4.55. The van der Waals surface area contributed by atoms with E-state index < -0.39 is 42.2 Å². The topological polar surface area (TPSA) is 66.8 Å². The Balaban J connectivity index is 2.89. The first-order chi connectivity index (χ1) is 8.92. The molecule has 1 N–H and O–H groups in total. The number of rotatable bonds is 1. The molecule has 20 heavy (non-hydrogen) atoms. The molecule has 1 saturated heterocycles. The Morgan fingerprint density at radius 1 is 1.25 bits per heavy atom. The summed E-state index contributed by atoms with van der Waals surface area (Å²) < 4.78 is 43.9. The number of aliphatic carboxylic acids is 1. The van der Waals surface area contributed by atoms with E-state index in [4.69, 9.17) is 9.84 Å². The van der Waals surface area contributed by atoms with Gasteiger partial charge >= 0.3 is 18.2 Å². The van der Waals surface area contributed by atoms with Crippen LogP contribution in [0.3, 0.4) is 0 Å². The van der Waals surface area contributed by atoms with Crippen molar-refractivity contribution in [3.8, 4) is 0 Å². The van der Waals surface area contributed by atoms with Crippen LogP contribution in [0, 0.1) is 5.92 Å². The second kappa shape index (κ2) is 5.49. The monoisotopic (exact) mass is 297 g/mol. The number of alkyl halides is 3. The quantitative estimate of drug-likeness (QED) is 0.808. The molecule has 0 saturated carbocycles. The third-order valence-electron chi connectivity index (χ3n) is 2.96. The van der Waals surface area contributed by atoms with Crippen LogP contribution in [0.4, 0.5) is 18.0 Å². The number of likely N-dealkylation sites (tertiary alicyclic amines) is 1. The summed E-state index contributed by atoms with van der Waals surface area (Å²) in [6, 6.07) is -2.12. The molecule has 0 bridgehead atoms. The van der Waals surface area contributed by atoms with Crippen molar-refractivity contribution in [2.75, 3.05) is 6.54 Å². The van der Waals surface area contributed by atoms with Crippen molar-refractivity contribution in [3.05, 3.63) is 0 Å². The van der Waals surface area contributed by atoms with Gasteiger partial charge in [0.05, 0.1) is 5.92 Å². The number of nitrogens with zero attached hydrogens (tertiary/aromatic N) is 1. The summed E-state index contributed by atoms with van der Waals surface area (Å²) in [5.41, 5.74) is -0.906. The zero-order valence-corrected chi connectivity index (χ0v) is 11.5. The second-order valence-electron chi connectivity index (χ2n) is 5.79. The molecule has 1 heterocycles. The van der Waals surface area contributed by atoms with Gasteiger partial charge < -0.3 is 9.84 Å². The van der Waals surface area contributed by atoms with Crippen molar-refractivity contribution in [3.63, 3.8) is 0 Å². The van der Waals surface area contributed by atoms with Crippen molar-refractivity contribution in [2.24, 2.45) is 5.92 Å². The molecule has 1 rings (SSSR count). The maximum Gasteiger partial charge on any atom is 0.410 e. The SMILES string of the molecule is CC(C)(C)OC(=O)N1CC[C@@H](C(=O)O)C[C@H]1C(F)(F)F. The van der Waals surface area contributed by atoms with Gasteiger partial charge in [0.25, 0.3) is 0 Å². The molecule has 8 heteroatoms. The first-order valence-corrected chi connectivity index (χ1v) is 6.21. The number of amides is 1. The van der Waals surface area contributed by atoms with Crippen LogP contribution in [0.5, 0.6) is 0 Å². The van der Waals surface area contributed by atoms with E-state index in [1.54, 1.807) is 20.8 Å². The van der Waals surface area contributed by atoms with E-state index in [1.807, 2.05) is 0 Å². The van der Waals surface area contributed by atoms with E-state index in [-0.39, 0.29) is 13.0 Å². The predicted molar refractivity (Wildman–Crippen MR) is 63.1 cm³/mol. The van der Waals surface area contributed by atoms with Gasteiger partial charge in [-0.1, -0.05) is 0 Å². The largest absolute Gasteiger partial charge is 0.481 e. The molecule has 116 valence electrons. The van der Waals surface area contributed by atoms with Crippen molar-refractivity contribution < 1.29 is 32.6 Å². The van der Waals surface area contributed by atoms with E-state index in [9.17, 15) is 22.8 Å². The van der Waals surface area contributed by atoms with Crippen molar-refractivity contribution in [1.29, 1.82) is 0 Å². The van der Waals surface area contributed by atoms with Gasteiger partial charge in [-0.05, 0) is 33.6 Å². The second-order valence-corrected chi connectivity index (χ2v) is 5.79. The lowest BCUT2D eigenvalue weighted by molar-refractivity contribution is -0.194. The Hall–Kier alpha value is -1.47. The van der Waals surface area contributed by atoms with Crippen LogP contribution in [-0.2, 0) is 9.53 Å². The maximum atomic E-state index is 13.0. The van der Waals surface area contributed by atoms with Crippen LogP contribution in [0.15, 0.2) is 0 Å². The fourth-order valence-electron chi connectivity index (χ4n) is 2.04. The van der Waals surface area contributed by atoms with Crippen LogP contribution >= 0.6 is 0 Å². The highest BCUT2D eigenvalue weighted by atomic mass is 19.4. The van der Waals surface area contributed by atoms with E-state index in [0.717, 1.165) is 0 Å². The van der Waals surface area contributed by atoms with E-state index in [2.05, 4.69) is 0 Å². The van der Waals surface area contributed by atoms with Gasteiger partial charge in [-0.15, -0.1) is 0 Å². The number of ether oxygens (including phenoxy) is 1. The molecule has 0 aromatic carbocycles. The summed E-state index contributed by atoms with van der Waals surface area (Å²) in [6.07, 6.45) is -6.40. The van der Waals surface area contributed by atoms with Gasteiger partial charge in [0.1, 0.15) is 11.6 Å². The molecule has 0 spiro atoms. The highest BCUT2D eigenvalue weighted by Crippen LogP contribution is 2.35. The Morgan fingerprint density at radius 2 is 1.80 bits per heavy atom. The van der Waals surface area contributed by atoms with Crippen molar-refractivity contribution in [2.45, 2.75) is 51.4 Å². The Morgan fingerprint density at radius 3 is 2.20 bits per heavy atom. The molecular weight excluding hydrogens is 279 g/mol. The number of carbonyl (C=O) groups excluding carboxylic acids is 1. The molecule has 0 unspecified atom stereocenters. The maximum absolute atomic E-state index is 13.0.